The summed E-state index contributed by atoms with van der Waals surface area (Å²) in [6.45, 7) is -0.00321. The largest absolute Gasteiger partial charge is 0.459 e. The van der Waals surface area contributed by atoms with E-state index in [1.54, 1.807) is 0 Å². The fourth-order valence-electron chi connectivity index (χ4n) is 2.50. The van der Waals surface area contributed by atoms with Crippen molar-refractivity contribution in [2.45, 2.75) is 18.4 Å². The monoisotopic (exact) mass is 387 g/mol. The second kappa shape index (κ2) is 6.20. The minimum Gasteiger partial charge on any atom is -0.459 e. The number of aliphatic imine (C=N–C) groups is 1. The minimum atomic E-state index is -3.52. The zero-order valence-electron chi connectivity index (χ0n) is 13.3. The predicted molar refractivity (Wildman–Crippen MR) is 87.8 cm³/mol. The van der Waals surface area contributed by atoms with Crippen molar-refractivity contribution >= 4 is 29.2 Å². The predicted octanol–water partition coefficient (Wildman–Crippen LogP) is 2.65. The van der Waals surface area contributed by atoms with Crippen LogP contribution in [0.15, 0.2) is 29.4 Å². The van der Waals surface area contributed by atoms with E-state index in [-0.39, 0.29) is 16.4 Å². The van der Waals surface area contributed by atoms with E-state index in [9.17, 15) is 18.0 Å². The number of halogens is 4. The second-order valence-electron chi connectivity index (χ2n) is 5.76. The number of benzene rings is 1. The van der Waals surface area contributed by atoms with Gasteiger partial charge in [0.15, 0.2) is 12.1 Å². The lowest BCUT2D eigenvalue weighted by atomic mass is 9.85. The number of carbonyl (C=O) groups excluding carboxylic acids is 1. The summed E-state index contributed by atoms with van der Waals surface area (Å²) in [4.78, 5) is 15.8. The molecule has 1 aromatic carbocycles. The van der Waals surface area contributed by atoms with Crippen LogP contribution in [0.5, 0.6) is 0 Å². The Kier molecular flexibility index (Phi) is 4.31. The third kappa shape index (κ3) is 2.96. The molecule has 1 amide bonds. The zero-order valence-corrected chi connectivity index (χ0v) is 14.1. The third-order valence-corrected chi connectivity index (χ3v) is 4.30. The van der Waals surface area contributed by atoms with Gasteiger partial charge in [-0.25, -0.2) is 9.38 Å². The quantitative estimate of drug-likeness (QED) is 0.752. The molecule has 1 aliphatic heterocycles. The number of carbonyl (C=O) groups is 1. The maximum atomic E-state index is 14.4. The lowest BCUT2D eigenvalue weighted by molar-refractivity contribution is -0.117. The molecule has 2 aromatic rings. The molecular weight excluding hydrogens is 375 g/mol. The lowest BCUT2D eigenvalue weighted by Crippen LogP contribution is -2.51. The number of rotatable bonds is 3. The highest BCUT2D eigenvalue weighted by Gasteiger charge is 2.56. The van der Waals surface area contributed by atoms with Gasteiger partial charge in [0.1, 0.15) is 11.5 Å². The van der Waals surface area contributed by atoms with E-state index in [1.165, 1.54) is 12.3 Å². The molecule has 0 saturated heterocycles. The molecule has 4 N–H and O–H groups in total. The summed E-state index contributed by atoms with van der Waals surface area (Å²) in [7, 11) is 0. The van der Waals surface area contributed by atoms with Crippen LogP contribution >= 0.6 is 11.6 Å². The normalized spacial score (nSPS) is 21.7. The number of nitrogens with zero attached hydrogens (tertiary/aromatic N) is 2. The third-order valence-electron chi connectivity index (χ3n) is 4.02. The first-order valence-electron chi connectivity index (χ1n) is 7.30. The molecule has 11 heteroatoms. The smallest absolute Gasteiger partial charge is 0.310 e. The number of amidine groups is 1. The maximum Gasteiger partial charge on any atom is 0.310 e. The number of aromatic amines is 1. The van der Waals surface area contributed by atoms with Crippen molar-refractivity contribution < 1.29 is 22.7 Å². The zero-order chi connectivity index (χ0) is 19.1. The number of hydrogen-bond donors (Lipinski definition) is 3. The van der Waals surface area contributed by atoms with Gasteiger partial charge in [0, 0.05) is 11.3 Å². The molecule has 0 spiro atoms. The van der Waals surface area contributed by atoms with Crippen molar-refractivity contribution in [1.82, 2.24) is 10.2 Å². The van der Waals surface area contributed by atoms with Crippen LogP contribution < -0.4 is 11.1 Å². The first-order valence-corrected chi connectivity index (χ1v) is 7.68. The van der Waals surface area contributed by atoms with Crippen molar-refractivity contribution in [3.8, 4) is 0 Å². The molecule has 0 bridgehead atoms. The van der Waals surface area contributed by atoms with E-state index in [0.717, 1.165) is 19.1 Å². The molecule has 0 fully saturated rings. The van der Waals surface area contributed by atoms with Gasteiger partial charge in [-0.1, -0.05) is 11.6 Å². The van der Waals surface area contributed by atoms with Gasteiger partial charge in [0.25, 0.3) is 11.9 Å². The van der Waals surface area contributed by atoms with Gasteiger partial charge in [-0.2, -0.15) is 13.9 Å². The number of amides is 1. The Bertz CT molecular complexity index is 901. The first kappa shape index (κ1) is 18.1. The molecule has 0 unspecified atom stereocenters. The fourth-order valence-corrected chi connectivity index (χ4v) is 2.67. The van der Waals surface area contributed by atoms with Gasteiger partial charge in [0.05, 0.1) is 11.2 Å². The van der Waals surface area contributed by atoms with Gasteiger partial charge in [0.2, 0.25) is 0 Å². The number of hydrogen-bond acceptors (Lipinski definition) is 5. The van der Waals surface area contributed by atoms with E-state index in [0.29, 0.717) is 0 Å². The van der Waals surface area contributed by atoms with Crippen LogP contribution in [0.3, 0.4) is 0 Å². The summed E-state index contributed by atoms with van der Waals surface area (Å²) in [5.41, 5.74) is 2.69. The molecule has 0 radical (unpaired) electrons. The van der Waals surface area contributed by atoms with Crippen molar-refractivity contribution in [3.63, 3.8) is 0 Å². The second-order valence-corrected chi connectivity index (χ2v) is 6.16. The molecule has 26 heavy (non-hydrogen) atoms. The van der Waals surface area contributed by atoms with E-state index >= 15 is 0 Å². The SMILES string of the molecule is C[C@]1(c2cc(NC(=O)c3[nH]ncc3Cl)ccc2F)N=C(N)OCC1(F)F. The number of aromatic nitrogens is 2. The topological polar surface area (TPSA) is 105 Å². The summed E-state index contributed by atoms with van der Waals surface area (Å²) < 4.78 is 47.7. The minimum absolute atomic E-state index is 0.0255. The Labute approximate surface area is 150 Å². The molecule has 1 atom stereocenters. The summed E-state index contributed by atoms with van der Waals surface area (Å²) in [5, 5.41) is 8.51. The van der Waals surface area contributed by atoms with Crippen molar-refractivity contribution in [2.75, 3.05) is 11.9 Å². The fraction of sp³-hybridized carbons (Fsp3) is 0.267. The Morgan fingerprint density at radius 1 is 1.46 bits per heavy atom. The lowest BCUT2D eigenvalue weighted by Gasteiger charge is -2.37. The average molecular weight is 388 g/mol. The van der Waals surface area contributed by atoms with Crippen molar-refractivity contribution in [3.05, 3.63) is 46.5 Å². The van der Waals surface area contributed by atoms with Crippen LogP contribution in [0.2, 0.25) is 5.02 Å². The highest BCUT2D eigenvalue weighted by atomic mass is 35.5. The molecular formula is C15H13ClF3N5O2. The van der Waals surface area contributed by atoms with E-state index in [4.69, 9.17) is 17.3 Å². The van der Waals surface area contributed by atoms with Crippen LogP contribution in [0, 0.1) is 5.82 Å². The standard InChI is InChI=1S/C15H13ClF3N5O2/c1-14(15(18,19)6-26-13(20)23-14)8-4-7(2-3-10(8)17)22-12(25)11-9(16)5-21-24-11/h2-5H,6H2,1H3,(H2,20,23)(H,21,24)(H,22,25)/t14-/m1/s1. The van der Waals surface area contributed by atoms with Crippen LogP contribution in [-0.2, 0) is 10.3 Å². The Hall–Kier alpha value is -2.75. The van der Waals surface area contributed by atoms with Crippen LogP contribution in [-0.4, -0.2) is 34.7 Å². The Balaban J connectivity index is 1.99. The summed E-state index contributed by atoms with van der Waals surface area (Å²) in [6.07, 6.45) is 1.23. The van der Waals surface area contributed by atoms with E-state index < -0.39 is 41.4 Å². The van der Waals surface area contributed by atoms with Crippen molar-refractivity contribution in [1.29, 1.82) is 0 Å². The maximum absolute atomic E-state index is 14.4. The highest BCUT2D eigenvalue weighted by Crippen LogP contribution is 2.44. The molecule has 0 saturated carbocycles. The number of nitrogens with two attached hydrogens (primary N) is 1. The molecule has 1 aromatic heterocycles. The number of anilines is 1. The van der Waals surface area contributed by atoms with Gasteiger partial charge in [-0.3, -0.25) is 9.89 Å². The Morgan fingerprint density at radius 2 is 2.19 bits per heavy atom. The highest BCUT2D eigenvalue weighted by molar-refractivity contribution is 6.34. The molecule has 0 aliphatic carbocycles. The molecule has 2 heterocycles. The van der Waals surface area contributed by atoms with Gasteiger partial charge in [-0.15, -0.1) is 0 Å². The first-order chi connectivity index (χ1) is 12.1. The number of ether oxygens (including phenoxy) is 1. The molecule has 1 aliphatic rings. The Morgan fingerprint density at radius 3 is 2.85 bits per heavy atom. The van der Waals surface area contributed by atoms with Crippen LogP contribution in [0.25, 0.3) is 0 Å². The summed E-state index contributed by atoms with van der Waals surface area (Å²) in [6, 6.07) is 2.75. The van der Waals surface area contributed by atoms with Gasteiger partial charge >= 0.3 is 5.92 Å². The van der Waals surface area contributed by atoms with Crippen LogP contribution in [0.4, 0.5) is 18.9 Å². The molecule has 7 nitrogen and oxygen atoms in total. The van der Waals surface area contributed by atoms with Gasteiger partial charge < -0.3 is 15.8 Å². The number of H-pyrrole nitrogens is 1. The number of nitrogens with one attached hydrogen (secondary N) is 2. The van der Waals surface area contributed by atoms with E-state index in [2.05, 4.69) is 25.2 Å². The molecule has 3 rings (SSSR count). The van der Waals surface area contributed by atoms with E-state index in [1.807, 2.05) is 0 Å². The summed E-state index contributed by atoms with van der Waals surface area (Å²) >= 11 is 5.80. The summed E-state index contributed by atoms with van der Waals surface area (Å²) in [5.74, 6) is -5.12. The van der Waals surface area contributed by atoms with Crippen LogP contribution in [0.1, 0.15) is 23.0 Å². The number of alkyl halides is 2. The molecule has 138 valence electrons. The van der Waals surface area contributed by atoms with Gasteiger partial charge in [-0.05, 0) is 25.1 Å². The average Bonchev–Trinajstić information content (AvgIpc) is 2.99. The van der Waals surface area contributed by atoms with Crippen molar-refractivity contribution in [2.24, 2.45) is 10.7 Å².